The summed E-state index contributed by atoms with van der Waals surface area (Å²) in [5.74, 6) is -1.07. The van der Waals surface area contributed by atoms with Gasteiger partial charge in [0.25, 0.3) is 0 Å². The molecule has 118 valence electrons. The second kappa shape index (κ2) is 7.51. The van der Waals surface area contributed by atoms with E-state index in [1.165, 1.54) is 0 Å². The Morgan fingerprint density at radius 2 is 1.57 bits per heavy atom. The average molecular weight is 397 g/mol. The lowest BCUT2D eigenvalue weighted by atomic mass is 10.1. The minimum atomic E-state index is -3.44. The van der Waals surface area contributed by atoms with Gasteiger partial charge in [0.15, 0.2) is 15.6 Å². The van der Waals surface area contributed by atoms with Crippen LogP contribution in [-0.2, 0) is 19.7 Å². The third-order valence-corrected chi connectivity index (χ3v) is 6.26. The molecule has 0 spiro atoms. The van der Waals surface area contributed by atoms with Gasteiger partial charge >= 0.3 is 0 Å². The molecule has 0 atom stereocenters. The van der Waals surface area contributed by atoms with Crippen LogP contribution < -0.4 is 0 Å². The lowest BCUT2D eigenvalue weighted by molar-refractivity contribution is 0.0982. The van der Waals surface area contributed by atoms with Crippen LogP contribution in [0, 0.1) is 0 Å². The van der Waals surface area contributed by atoms with Crippen molar-refractivity contribution in [2.45, 2.75) is 12.8 Å². The van der Waals surface area contributed by atoms with Crippen LogP contribution in [0.15, 0.2) is 28.7 Å². The van der Waals surface area contributed by atoms with Crippen molar-refractivity contribution in [2.24, 2.45) is 0 Å². The van der Waals surface area contributed by atoms with E-state index in [4.69, 9.17) is 0 Å². The Morgan fingerprint density at radius 3 is 2.10 bits per heavy atom. The van der Waals surface area contributed by atoms with Gasteiger partial charge < -0.3 is 0 Å². The molecule has 0 aliphatic rings. The van der Waals surface area contributed by atoms with Crippen molar-refractivity contribution in [1.29, 1.82) is 0 Å². The minimum Gasteiger partial charge on any atom is -0.294 e. The zero-order valence-electron chi connectivity index (χ0n) is 11.6. The molecule has 0 heterocycles. The SMILES string of the molecule is CS(=O)(=O)CCS(=O)(=O)CCCC(=O)c1ccc(Br)cc1. The van der Waals surface area contributed by atoms with Crippen molar-refractivity contribution >= 4 is 41.4 Å². The Morgan fingerprint density at radius 1 is 1.00 bits per heavy atom. The maximum Gasteiger partial charge on any atom is 0.162 e. The molecule has 0 N–H and O–H groups in total. The number of benzene rings is 1. The first-order valence-corrected chi connectivity index (χ1v) is 10.9. The van der Waals surface area contributed by atoms with Crippen molar-refractivity contribution in [3.05, 3.63) is 34.3 Å². The van der Waals surface area contributed by atoms with Crippen molar-refractivity contribution in [2.75, 3.05) is 23.5 Å². The van der Waals surface area contributed by atoms with E-state index in [-0.39, 0.29) is 30.1 Å². The molecule has 0 saturated heterocycles. The van der Waals surface area contributed by atoms with Crippen molar-refractivity contribution in [3.63, 3.8) is 0 Å². The predicted octanol–water partition coefficient (Wildman–Crippen LogP) is 1.87. The number of Topliss-reactive ketones (excluding diaryl/α,β-unsaturated/α-hetero) is 1. The van der Waals surface area contributed by atoms with Crippen LogP contribution in [0.4, 0.5) is 0 Å². The Hall–Kier alpha value is -0.730. The van der Waals surface area contributed by atoms with E-state index in [9.17, 15) is 21.6 Å². The molecule has 0 aromatic heterocycles. The molecule has 21 heavy (non-hydrogen) atoms. The maximum absolute atomic E-state index is 11.9. The fraction of sp³-hybridized carbons (Fsp3) is 0.462. The van der Waals surface area contributed by atoms with Gasteiger partial charge in [0.05, 0.1) is 17.3 Å². The van der Waals surface area contributed by atoms with Crippen molar-refractivity contribution in [1.82, 2.24) is 0 Å². The topological polar surface area (TPSA) is 85.3 Å². The van der Waals surface area contributed by atoms with Crippen LogP contribution in [-0.4, -0.2) is 46.1 Å². The van der Waals surface area contributed by atoms with Crippen LogP contribution in [0.1, 0.15) is 23.2 Å². The number of ketones is 1. The van der Waals surface area contributed by atoms with Gasteiger partial charge in [-0.05, 0) is 18.6 Å². The molecule has 8 heteroatoms. The predicted molar refractivity (Wildman–Crippen MR) is 86.1 cm³/mol. The summed E-state index contributed by atoms with van der Waals surface area (Å²) in [5, 5.41) is 0. The summed E-state index contributed by atoms with van der Waals surface area (Å²) in [6.45, 7) is 0. The van der Waals surface area contributed by atoms with Gasteiger partial charge in [-0.3, -0.25) is 4.79 Å². The number of halogens is 1. The van der Waals surface area contributed by atoms with Gasteiger partial charge in [0.1, 0.15) is 9.84 Å². The van der Waals surface area contributed by atoms with Gasteiger partial charge in [-0.1, -0.05) is 28.1 Å². The average Bonchev–Trinajstić information content (AvgIpc) is 2.36. The largest absolute Gasteiger partial charge is 0.294 e. The number of sulfone groups is 2. The van der Waals surface area contributed by atoms with E-state index in [2.05, 4.69) is 15.9 Å². The second-order valence-electron chi connectivity index (χ2n) is 4.82. The molecule has 0 unspecified atom stereocenters. The van der Waals surface area contributed by atoms with E-state index in [0.29, 0.717) is 5.56 Å². The number of rotatable bonds is 8. The molecule has 1 aromatic carbocycles. The summed E-state index contributed by atoms with van der Waals surface area (Å²) in [4.78, 5) is 11.9. The second-order valence-corrected chi connectivity index (χ2v) is 10.3. The lowest BCUT2D eigenvalue weighted by Gasteiger charge is -2.04. The first kappa shape index (κ1) is 18.3. The van der Waals surface area contributed by atoms with Gasteiger partial charge in [-0.25, -0.2) is 16.8 Å². The Bertz CT molecular complexity index is 691. The number of hydrogen-bond donors (Lipinski definition) is 0. The minimum absolute atomic E-state index is 0.124. The van der Waals surface area contributed by atoms with Crippen LogP contribution in [0.2, 0.25) is 0 Å². The molecular formula is C13H17BrO5S2. The van der Waals surface area contributed by atoms with E-state index in [0.717, 1.165) is 10.7 Å². The van der Waals surface area contributed by atoms with E-state index in [1.54, 1.807) is 24.3 Å². The molecule has 5 nitrogen and oxygen atoms in total. The highest BCUT2D eigenvalue weighted by atomic mass is 79.9. The van der Waals surface area contributed by atoms with Crippen LogP contribution in [0.3, 0.4) is 0 Å². The first-order chi connectivity index (χ1) is 9.59. The van der Waals surface area contributed by atoms with Crippen molar-refractivity contribution < 1.29 is 21.6 Å². The molecule has 0 aliphatic heterocycles. The zero-order chi connectivity index (χ0) is 16.1. The fourth-order valence-electron chi connectivity index (χ4n) is 1.61. The lowest BCUT2D eigenvalue weighted by Crippen LogP contribution is -2.19. The Kier molecular flexibility index (Phi) is 6.55. The molecule has 0 radical (unpaired) electrons. The normalized spacial score (nSPS) is 12.3. The van der Waals surface area contributed by atoms with Crippen LogP contribution >= 0.6 is 15.9 Å². The Labute approximate surface area is 133 Å². The molecule has 0 fully saturated rings. The summed E-state index contributed by atoms with van der Waals surface area (Å²) in [7, 11) is -6.73. The fourth-order valence-corrected chi connectivity index (χ4v) is 4.89. The monoisotopic (exact) mass is 396 g/mol. The summed E-state index contributed by atoms with van der Waals surface area (Å²) in [6.07, 6.45) is 1.32. The highest BCUT2D eigenvalue weighted by Gasteiger charge is 2.15. The summed E-state index contributed by atoms with van der Waals surface area (Å²) >= 11 is 3.27. The highest BCUT2D eigenvalue weighted by molar-refractivity contribution is 9.10. The maximum atomic E-state index is 11.9. The summed E-state index contributed by atoms with van der Waals surface area (Å²) in [5.41, 5.74) is 0.534. The van der Waals surface area contributed by atoms with E-state index >= 15 is 0 Å². The Balaban J connectivity index is 2.45. The number of carbonyl (C=O) groups excluding carboxylic acids is 1. The quantitative estimate of drug-likeness (QED) is 0.626. The number of hydrogen-bond acceptors (Lipinski definition) is 5. The molecule has 1 aromatic rings. The summed E-state index contributed by atoms with van der Waals surface area (Å²) < 4.78 is 46.1. The molecule has 0 amide bonds. The van der Waals surface area contributed by atoms with Gasteiger partial charge in [0.2, 0.25) is 0 Å². The van der Waals surface area contributed by atoms with Gasteiger partial charge in [-0.15, -0.1) is 0 Å². The highest BCUT2D eigenvalue weighted by Crippen LogP contribution is 2.13. The zero-order valence-corrected chi connectivity index (χ0v) is 14.8. The first-order valence-electron chi connectivity index (χ1n) is 6.26. The molecule has 1 rings (SSSR count). The molecule has 0 saturated carbocycles. The number of carbonyl (C=O) groups is 1. The van der Waals surface area contributed by atoms with Gasteiger partial charge in [-0.2, -0.15) is 0 Å². The van der Waals surface area contributed by atoms with Crippen molar-refractivity contribution in [3.8, 4) is 0 Å². The molecule has 0 aliphatic carbocycles. The van der Waals surface area contributed by atoms with E-state index < -0.39 is 25.4 Å². The summed E-state index contributed by atoms with van der Waals surface area (Å²) in [6, 6.07) is 6.83. The van der Waals surface area contributed by atoms with Gasteiger partial charge in [0, 0.05) is 22.7 Å². The molecule has 0 bridgehead atoms. The third-order valence-electron chi connectivity index (χ3n) is 2.79. The molecular weight excluding hydrogens is 380 g/mol. The van der Waals surface area contributed by atoms with Crippen LogP contribution in [0.25, 0.3) is 0 Å². The third kappa shape index (κ3) is 7.73. The smallest absolute Gasteiger partial charge is 0.162 e. The van der Waals surface area contributed by atoms with Crippen LogP contribution in [0.5, 0.6) is 0 Å². The standard InChI is InChI=1S/C13H17BrO5S2/c1-20(16,17)9-10-21(18,19)8-2-3-13(15)11-4-6-12(14)7-5-11/h4-7H,2-3,8-10H2,1H3. The van der Waals surface area contributed by atoms with E-state index in [1.807, 2.05) is 0 Å².